The summed E-state index contributed by atoms with van der Waals surface area (Å²) in [4.78, 5) is 8.52. The Morgan fingerprint density at radius 1 is 1.45 bits per heavy atom. The summed E-state index contributed by atoms with van der Waals surface area (Å²) in [7, 11) is 0. The van der Waals surface area contributed by atoms with Crippen LogP contribution in [0.25, 0.3) is 0 Å². The predicted molar refractivity (Wildman–Crippen MR) is 80.2 cm³/mol. The lowest BCUT2D eigenvalue weighted by molar-refractivity contribution is 0.0623. The fraction of sp³-hybridized carbons (Fsp3) is 0.667. The maximum absolute atomic E-state index is 5.76. The van der Waals surface area contributed by atoms with E-state index >= 15 is 0 Å². The maximum atomic E-state index is 5.76. The summed E-state index contributed by atoms with van der Waals surface area (Å²) in [5, 5.41) is 7.35. The second-order valence-corrected chi connectivity index (χ2v) is 6.04. The molecular weight excluding hydrogens is 282 g/mol. The van der Waals surface area contributed by atoms with E-state index < -0.39 is 0 Å². The second-order valence-electron chi connectivity index (χ2n) is 6.04. The summed E-state index contributed by atoms with van der Waals surface area (Å²) >= 11 is 0. The van der Waals surface area contributed by atoms with Crippen LogP contribution in [0.2, 0.25) is 0 Å². The van der Waals surface area contributed by atoms with Crippen LogP contribution in [0, 0.1) is 12.8 Å². The topological polar surface area (TPSA) is 78.0 Å². The quantitative estimate of drug-likeness (QED) is 0.879. The molecular formula is C15H23N5O2. The van der Waals surface area contributed by atoms with Crippen LogP contribution in [-0.4, -0.2) is 32.8 Å². The Morgan fingerprint density at radius 2 is 2.32 bits per heavy atom. The smallest absolute Gasteiger partial charge is 0.256 e. The molecule has 1 fully saturated rings. The van der Waals surface area contributed by atoms with Crippen molar-refractivity contribution < 1.29 is 9.26 Å². The van der Waals surface area contributed by atoms with E-state index in [1.807, 2.05) is 19.4 Å². The van der Waals surface area contributed by atoms with Crippen molar-refractivity contribution in [1.29, 1.82) is 0 Å². The van der Waals surface area contributed by atoms with E-state index in [1.165, 1.54) is 5.69 Å². The lowest BCUT2D eigenvalue weighted by atomic mass is 10.0. The van der Waals surface area contributed by atoms with Crippen molar-refractivity contribution in [2.75, 3.05) is 13.2 Å². The number of nitrogens with zero attached hydrogens (tertiary/aromatic N) is 4. The van der Waals surface area contributed by atoms with E-state index in [0.29, 0.717) is 23.7 Å². The molecule has 2 aromatic heterocycles. The van der Waals surface area contributed by atoms with E-state index in [2.05, 4.69) is 38.9 Å². The van der Waals surface area contributed by atoms with Gasteiger partial charge in [-0.25, -0.2) is 4.98 Å². The number of aryl methyl sites for hydroxylation is 1. The average Bonchev–Trinajstić information content (AvgIpc) is 3.18. The van der Waals surface area contributed by atoms with Crippen molar-refractivity contribution >= 4 is 0 Å². The van der Waals surface area contributed by atoms with Crippen LogP contribution in [0.5, 0.6) is 0 Å². The van der Waals surface area contributed by atoms with Gasteiger partial charge in [0.1, 0.15) is 6.10 Å². The van der Waals surface area contributed by atoms with Crippen molar-refractivity contribution in [3.05, 3.63) is 29.9 Å². The molecule has 3 rings (SSSR count). The fourth-order valence-electron chi connectivity index (χ4n) is 2.86. The Kier molecular flexibility index (Phi) is 4.54. The third-order valence-electron chi connectivity index (χ3n) is 4.02. The van der Waals surface area contributed by atoms with Gasteiger partial charge in [-0.2, -0.15) is 4.98 Å². The molecule has 0 saturated carbocycles. The van der Waals surface area contributed by atoms with Crippen molar-refractivity contribution in [3.8, 4) is 0 Å². The Labute approximate surface area is 130 Å². The summed E-state index contributed by atoms with van der Waals surface area (Å²) in [6.07, 6.45) is 4.70. The Bertz CT molecular complexity index is 607. The molecule has 1 aliphatic heterocycles. The molecule has 0 bridgehead atoms. The summed E-state index contributed by atoms with van der Waals surface area (Å²) in [5.74, 6) is 1.60. The fourth-order valence-corrected chi connectivity index (χ4v) is 2.86. The molecule has 0 spiro atoms. The molecule has 7 heteroatoms. The summed E-state index contributed by atoms with van der Waals surface area (Å²) in [5.41, 5.74) is 1.19. The van der Waals surface area contributed by atoms with Crippen LogP contribution in [-0.2, 0) is 11.3 Å². The minimum Gasteiger partial charge on any atom is -0.368 e. The molecule has 7 nitrogen and oxygen atoms in total. The molecule has 3 heterocycles. The molecule has 0 unspecified atom stereocenters. The lowest BCUT2D eigenvalue weighted by Gasteiger charge is -2.17. The lowest BCUT2D eigenvalue weighted by Crippen LogP contribution is -2.26. The van der Waals surface area contributed by atoms with Gasteiger partial charge in [-0.15, -0.1) is 0 Å². The van der Waals surface area contributed by atoms with E-state index in [9.17, 15) is 0 Å². The van der Waals surface area contributed by atoms with Gasteiger partial charge in [0.2, 0.25) is 0 Å². The highest BCUT2D eigenvalue weighted by Gasteiger charge is 2.33. The Balaban J connectivity index is 1.55. The number of ether oxygens (including phenoxy) is 1. The number of imidazole rings is 1. The van der Waals surface area contributed by atoms with Crippen LogP contribution in [0.15, 0.2) is 17.0 Å². The molecule has 1 N–H and O–H groups in total. The van der Waals surface area contributed by atoms with Crippen molar-refractivity contribution in [2.45, 2.75) is 45.9 Å². The van der Waals surface area contributed by atoms with Crippen molar-refractivity contribution in [1.82, 2.24) is 25.0 Å². The van der Waals surface area contributed by atoms with Gasteiger partial charge >= 0.3 is 0 Å². The van der Waals surface area contributed by atoms with E-state index in [-0.39, 0.29) is 6.10 Å². The average molecular weight is 305 g/mol. The zero-order valence-corrected chi connectivity index (χ0v) is 13.3. The molecule has 0 aliphatic carbocycles. The number of hydrogen-bond donors (Lipinski definition) is 1. The Hall–Kier alpha value is -1.73. The van der Waals surface area contributed by atoms with Crippen LogP contribution >= 0.6 is 0 Å². The minimum atomic E-state index is -0.0938. The first-order valence-corrected chi connectivity index (χ1v) is 7.78. The minimum absolute atomic E-state index is 0.0938. The highest BCUT2D eigenvalue weighted by Crippen LogP contribution is 2.33. The second kappa shape index (κ2) is 6.58. The monoisotopic (exact) mass is 305 g/mol. The molecule has 120 valence electrons. The third-order valence-corrected chi connectivity index (χ3v) is 4.02. The van der Waals surface area contributed by atoms with Gasteiger partial charge in [-0.1, -0.05) is 5.16 Å². The van der Waals surface area contributed by atoms with Gasteiger partial charge in [-0.3, -0.25) is 0 Å². The van der Waals surface area contributed by atoms with Crippen molar-refractivity contribution in [2.24, 2.45) is 5.92 Å². The zero-order chi connectivity index (χ0) is 15.5. The normalized spacial score (nSPS) is 21.8. The highest BCUT2D eigenvalue weighted by atomic mass is 16.5. The molecule has 2 aromatic rings. The van der Waals surface area contributed by atoms with E-state index in [1.54, 1.807) is 0 Å². The molecule has 1 aliphatic rings. The SMILES string of the molecule is Cc1noc([C@H]2OCC[C@H]2CNCc2cncn2C(C)C)n1. The molecule has 1 saturated heterocycles. The first-order valence-electron chi connectivity index (χ1n) is 7.78. The van der Waals surface area contributed by atoms with Crippen LogP contribution < -0.4 is 5.32 Å². The number of hydrogen-bond acceptors (Lipinski definition) is 6. The van der Waals surface area contributed by atoms with E-state index in [4.69, 9.17) is 9.26 Å². The van der Waals surface area contributed by atoms with Crippen LogP contribution in [0.3, 0.4) is 0 Å². The first kappa shape index (κ1) is 15.2. The van der Waals surface area contributed by atoms with Gasteiger partial charge in [0.15, 0.2) is 5.82 Å². The molecule has 0 aromatic carbocycles. The van der Waals surface area contributed by atoms with Gasteiger partial charge in [0, 0.05) is 37.9 Å². The maximum Gasteiger partial charge on any atom is 0.256 e. The number of nitrogens with one attached hydrogen (secondary N) is 1. The third kappa shape index (κ3) is 3.20. The van der Waals surface area contributed by atoms with E-state index in [0.717, 1.165) is 26.1 Å². The summed E-state index contributed by atoms with van der Waals surface area (Å²) in [6.45, 7) is 8.53. The number of rotatable bonds is 6. The molecule has 0 radical (unpaired) electrons. The predicted octanol–water partition coefficient (Wildman–Crippen LogP) is 2.02. The van der Waals surface area contributed by atoms with Gasteiger partial charge in [-0.05, 0) is 27.2 Å². The van der Waals surface area contributed by atoms with Crippen LogP contribution in [0.4, 0.5) is 0 Å². The largest absolute Gasteiger partial charge is 0.368 e. The summed E-state index contributed by atoms with van der Waals surface area (Å²) in [6, 6.07) is 0.420. The zero-order valence-electron chi connectivity index (χ0n) is 13.3. The molecule has 22 heavy (non-hydrogen) atoms. The highest BCUT2D eigenvalue weighted by molar-refractivity contribution is 5.00. The standard InChI is InChI=1S/C15H23N5O2/c1-10(2)20-9-17-8-13(20)7-16-6-12-4-5-21-14(12)15-18-11(3)19-22-15/h8-10,12,14,16H,4-7H2,1-3H3/t12-,14-/m0/s1. The Morgan fingerprint density at radius 3 is 3.05 bits per heavy atom. The van der Waals surface area contributed by atoms with Gasteiger partial charge in [0.25, 0.3) is 5.89 Å². The number of aromatic nitrogens is 4. The van der Waals surface area contributed by atoms with Crippen LogP contribution in [0.1, 0.15) is 49.8 Å². The molecule has 2 atom stereocenters. The van der Waals surface area contributed by atoms with Gasteiger partial charge < -0.3 is 19.1 Å². The first-order chi connectivity index (χ1) is 10.6. The van der Waals surface area contributed by atoms with Crippen molar-refractivity contribution in [3.63, 3.8) is 0 Å². The van der Waals surface area contributed by atoms with Gasteiger partial charge in [0.05, 0.1) is 12.0 Å². The summed E-state index contributed by atoms with van der Waals surface area (Å²) < 4.78 is 13.2. The molecule has 0 amide bonds.